The Morgan fingerprint density at radius 1 is 1.25 bits per heavy atom. The zero-order valence-corrected chi connectivity index (χ0v) is 13.2. The van der Waals surface area contributed by atoms with Crippen LogP contribution in [-0.4, -0.2) is 21.7 Å². The molecule has 1 aromatic rings. The van der Waals surface area contributed by atoms with Crippen molar-refractivity contribution in [3.63, 3.8) is 0 Å². The van der Waals surface area contributed by atoms with Gasteiger partial charge in [0.1, 0.15) is 4.99 Å². The SMILES string of the molecule is Cc1nnc(NCCC2CCCCC2)c(C(N)=S)c1C. The molecule has 1 aliphatic carbocycles. The smallest absolute Gasteiger partial charge is 0.159 e. The number of nitrogens with one attached hydrogen (secondary N) is 1. The van der Waals surface area contributed by atoms with E-state index in [0.29, 0.717) is 4.99 Å². The molecule has 0 saturated heterocycles. The fourth-order valence-corrected chi connectivity index (χ4v) is 3.15. The van der Waals surface area contributed by atoms with Crippen LogP contribution in [0, 0.1) is 19.8 Å². The van der Waals surface area contributed by atoms with E-state index in [2.05, 4.69) is 15.5 Å². The van der Waals surface area contributed by atoms with E-state index in [9.17, 15) is 0 Å². The van der Waals surface area contributed by atoms with Crippen molar-refractivity contribution in [1.29, 1.82) is 0 Å². The summed E-state index contributed by atoms with van der Waals surface area (Å²) in [6, 6.07) is 0. The lowest BCUT2D eigenvalue weighted by Crippen LogP contribution is -2.19. The molecular formula is C15H24N4S. The molecule has 0 radical (unpaired) electrons. The van der Waals surface area contributed by atoms with Gasteiger partial charge in [-0.05, 0) is 31.7 Å². The highest BCUT2D eigenvalue weighted by Gasteiger charge is 2.15. The highest BCUT2D eigenvalue weighted by molar-refractivity contribution is 7.80. The number of thiocarbonyl (C=S) groups is 1. The van der Waals surface area contributed by atoms with Crippen molar-refractivity contribution in [2.45, 2.75) is 52.4 Å². The standard InChI is InChI=1S/C15H24N4S/c1-10-11(2)18-19-15(13(10)14(16)20)17-9-8-12-6-4-3-5-7-12/h12H,3-9H2,1-2H3,(H2,16,20)(H,17,19). The molecule has 0 atom stereocenters. The van der Waals surface area contributed by atoms with E-state index in [-0.39, 0.29) is 0 Å². The van der Waals surface area contributed by atoms with Crippen molar-refractivity contribution in [2.24, 2.45) is 11.7 Å². The molecule has 0 bridgehead atoms. The molecule has 1 heterocycles. The molecular weight excluding hydrogens is 268 g/mol. The summed E-state index contributed by atoms with van der Waals surface area (Å²) < 4.78 is 0. The second kappa shape index (κ2) is 6.97. The third-order valence-corrected chi connectivity index (χ3v) is 4.47. The Labute approximate surface area is 126 Å². The first-order valence-corrected chi connectivity index (χ1v) is 7.88. The van der Waals surface area contributed by atoms with Crippen LogP contribution in [0.1, 0.15) is 55.3 Å². The van der Waals surface area contributed by atoms with Gasteiger partial charge in [-0.1, -0.05) is 44.3 Å². The van der Waals surface area contributed by atoms with E-state index in [4.69, 9.17) is 18.0 Å². The number of nitrogens with two attached hydrogens (primary N) is 1. The van der Waals surface area contributed by atoms with Gasteiger partial charge in [0.15, 0.2) is 5.82 Å². The number of nitrogens with zero attached hydrogens (tertiary/aromatic N) is 2. The molecule has 20 heavy (non-hydrogen) atoms. The summed E-state index contributed by atoms with van der Waals surface area (Å²) in [6.07, 6.45) is 8.08. The number of aryl methyl sites for hydroxylation is 1. The Morgan fingerprint density at radius 3 is 2.60 bits per heavy atom. The van der Waals surface area contributed by atoms with Gasteiger partial charge in [0.25, 0.3) is 0 Å². The maximum absolute atomic E-state index is 5.82. The summed E-state index contributed by atoms with van der Waals surface area (Å²) in [5.41, 5.74) is 8.57. The van der Waals surface area contributed by atoms with Gasteiger partial charge in [0.05, 0.1) is 11.3 Å². The normalized spacial score (nSPS) is 16.1. The second-order valence-corrected chi connectivity index (χ2v) is 6.16. The maximum Gasteiger partial charge on any atom is 0.159 e. The highest BCUT2D eigenvalue weighted by atomic mass is 32.1. The van der Waals surface area contributed by atoms with Gasteiger partial charge in [-0.2, -0.15) is 5.10 Å². The van der Waals surface area contributed by atoms with Crippen LogP contribution < -0.4 is 11.1 Å². The Balaban J connectivity index is 1.98. The molecule has 4 nitrogen and oxygen atoms in total. The molecule has 0 amide bonds. The lowest BCUT2D eigenvalue weighted by molar-refractivity contribution is 0.345. The topological polar surface area (TPSA) is 63.8 Å². The monoisotopic (exact) mass is 292 g/mol. The minimum atomic E-state index is 0.390. The second-order valence-electron chi connectivity index (χ2n) is 5.72. The van der Waals surface area contributed by atoms with Crippen LogP contribution in [0.15, 0.2) is 0 Å². The van der Waals surface area contributed by atoms with E-state index < -0.39 is 0 Å². The van der Waals surface area contributed by atoms with E-state index in [0.717, 1.165) is 35.1 Å². The summed E-state index contributed by atoms with van der Waals surface area (Å²) >= 11 is 5.14. The molecule has 0 spiro atoms. The predicted octanol–water partition coefficient (Wildman–Crippen LogP) is 3.11. The van der Waals surface area contributed by atoms with Crippen molar-refractivity contribution in [3.05, 3.63) is 16.8 Å². The minimum Gasteiger partial charge on any atom is -0.389 e. The zero-order chi connectivity index (χ0) is 14.5. The summed E-state index contributed by atoms with van der Waals surface area (Å²) in [7, 11) is 0. The zero-order valence-electron chi connectivity index (χ0n) is 12.4. The Morgan fingerprint density at radius 2 is 1.95 bits per heavy atom. The molecule has 1 aromatic heterocycles. The van der Waals surface area contributed by atoms with E-state index in [1.807, 2.05) is 13.8 Å². The van der Waals surface area contributed by atoms with Crippen LogP contribution in [0.3, 0.4) is 0 Å². The Bertz CT molecular complexity index is 481. The van der Waals surface area contributed by atoms with Gasteiger partial charge in [-0.3, -0.25) is 0 Å². The maximum atomic E-state index is 5.82. The summed E-state index contributed by atoms with van der Waals surface area (Å²) in [5, 5.41) is 11.7. The Hall–Kier alpha value is -1.23. The summed E-state index contributed by atoms with van der Waals surface area (Å²) in [5.74, 6) is 1.58. The third kappa shape index (κ3) is 3.66. The number of aromatic nitrogens is 2. The van der Waals surface area contributed by atoms with Gasteiger partial charge in [-0.25, -0.2) is 0 Å². The van der Waals surface area contributed by atoms with Gasteiger partial charge in [0, 0.05) is 6.54 Å². The lowest BCUT2D eigenvalue weighted by atomic mass is 9.87. The van der Waals surface area contributed by atoms with Crippen molar-refractivity contribution in [3.8, 4) is 0 Å². The average Bonchev–Trinajstić information content (AvgIpc) is 2.43. The van der Waals surface area contributed by atoms with Crippen molar-refractivity contribution in [2.75, 3.05) is 11.9 Å². The lowest BCUT2D eigenvalue weighted by Gasteiger charge is -2.22. The fraction of sp³-hybridized carbons (Fsp3) is 0.667. The average molecular weight is 292 g/mol. The van der Waals surface area contributed by atoms with Crippen LogP contribution in [0.4, 0.5) is 5.82 Å². The first-order valence-electron chi connectivity index (χ1n) is 7.47. The molecule has 2 rings (SSSR count). The fourth-order valence-electron chi connectivity index (χ4n) is 2.90. The largest absolute Gasteiger partial charge is 0.389 e. The van der Waals surface area contributed by atoms with E-state index in [1.54, 1.807) is 0 Å². The molecule has 5 heteroatoms. The van der Waals surface area contributed by atoms with Crippen molar-refractivity contribution < 1.29 is 0 Å². The minimum absolute atomic E-state index is 0.390. The quantitative estimate of drug-likeness (QED) is 0.816. The van der Waals surface area contributed by atoms with E-state index in [1.165, 1.54) is 38.5 Å². The molecule has 1 aliphatic rings. The highest BCUT2D eigenvalue weighted by Crippen LogP contribution is 2.26. The molecule has 1 saturated carbocycles. The molecule has 110 valence electrons. The van der Waals surface area contributed by atoms with Crippen LogP contribution >= 0.6 is 12.2 Å². The van der Waals surface area contributed by atoms with E-state index >= 15 is 0 Å². The van der Waals surface area contributed by atoms with Crippen LogP contribution in [0.2, 0.25) is 0 Å². The van der Waals surface area contributed by atoms with Gasteiger partial charge >= 0.3 is 0 Å². The first kappa shape index (κ1) is 15.2. The predicted molar refractivity (Wildman–Crippen MR) is 87.1 cm³/mol. The number of hydrogen-bond acceptors (Lipinski definition) is 4. The number of hydrogen-bond donors (Lipinski definition) is 2. The van der Waals surface area contributed by atoms with Gasteiger partial charge in [0.2, 0.25) is 0 Å². The molecule has 0 unspecified atom stereocenters. The third-order valence-electron chi connectivity index (χ3n) is 4.27. The Kier molecular flexibility index (Phi) is 5.29. The van der Waals surface area contributed by atoms with Crippen molar-refractivity contribution >= 4 is 23.0 Å². The van der Waals surface area contributed by atoms with Crippen molar-refractivity contribution in [1.82, 2.24) is 10.2 Å². The van der Waals surface area contributed by atoms with Crippen LogP contribution in [-0.2, 0) is 0 Å². The first-order chi connectivity index (χ1) is 9.59. The molecule has 1 fully saturated rings. The summed E-state index contributed by atoms with van der Waals surface area (Å²) in [4.78, 5) is 0.390. The number of anilines is 1. The molecule has 0 aromatic carbocycles. The van der Waals surface area contributed by atoms with Gasteiger partial charge < -0.3 is 11.1 Å². The molecule has 3 N–H and O–H groups in total. The van der Waals surface area contributed by atoms with Crippen LogP contribution in [0.25, 0.3) is 0 Å². The summed E-state index contributed by atoms with van der Waals surface area (Å²) in [6.45, 7) is 4.83. The van der Waals surface area contributed by atoms with Crippen LogP contribution in [0.5, 0.6) is 0 Å². The van der Waals surface area contributed by atoms with Gasteiger partial charge in [-0.15, -0.1) is 5.10 Å². The number of rotatable bonds is 5. The molecule has 0 aliphatic heterocycles.